The Labute approximate surface area is 144 Å². The molecule has 0 saturated carbocycles. The number of piperidine rings is 1. The molecule has 1 aliphatic heterocycles. The lowest BCUT2D eigenvalue weighted by molar-refractivity contribution is -0.135. The lowest BCUT2D eigenvalue weighted by Crippen LogP contribution is -2.47. The van der Waals surface area contributed by atoms with Crippen molar-refractivity contribution in [3.8, 4) is 0 Å². The molecule has 0 bridgehead atoms. The van der Waals surface area contributed by atoms with Crippen molar-refractivity contribution in [3.63, 3.8) is 0 Å². The molecule has 3 rings (SSSR count). The SMILES string of the molecule is C=CCC1(CO)CCCN(C(=O)CCc2n[nH]c3c2CCCC3)C1. The fraction of sp³-hybridized carbons (Fsp3) is 0.684. The molecule has 5 nitrogen and oxygen atoms in total. The second kappa shape index (κ2) is 7.51. The summed E-state index contributed by atoms with van der Waals surface area (Å²) in [4.78, 5) is 14.6. The molecular formula is C19H29N3O2. The average Bonchev–Trinajstić information content (AvgIpc) is 3.03. The summed E-state index contributed by atoms with van der Waals surface area (Å²) in [6.07, 6.45) is 10.4. The van der Waals surface area contributed by atoms with E-state index in [1.165, 1.54) is 24.1 Å². The highest BCUT2D eigenvalue weighted by molar-refractivity contribution is 5.76. The maximum atomic E-state index is 12.6. The number of likely N-dealkylation sites (tertiary alicyclic amines) is 1. The smallest absolute Gasteiger partial charge is 0.222 e. The summed E-state index contributed by atoms with van der Waals surface area (Å²) in [7, 11) is 0. The molecule has 24 heavy (non-hydrogen) atoms. The Morgan fingerprint density at radius 2 is 2.21 bits per heavy atom. The summed E-state index contributed by atoms with van der Waals surface area (Å²) < 4.78 is 0. The van der Waals surface area contributed by atoms with Crippen molar-refractivity contribution in [1.82, 2.24) is 15.1 Å². The van der Waals surface area contributed by atoms with Crippen molar-refractivity contribution in [1.29, 1.82) is 0 Å². The lowest BCUT2D eigenvalue weighted by atomic mass is 9.77. The van der Waals surface area contributed by atoms with E-state index in [0.717, 1.165) is 50.8 Å². The van der Waals surface area contributed by atoms with E-state index in [-0.39, 0.29) is 17.9 Å². The highest BCUT2D eigenvalue weighted by Gasteiger charge is 2.35. The van der Waals surface area contributed by atoms with E-state index >= 15 is 0 Å². The van der Waals surface area contributed by atoms with Gasteiger partial charge in [0.25, 0.3) is 0 Å². The molecule has 0 aromatic carbocycles. The number of fused-ring (bicyclic) bond motifs is 1. The van der Waals surface area contributed by atoms with Crippen molar-refractivity contribution < 1.29 is 9.90 Å². The molecule has 1 saturated heterocycles. The molecule has 1 unspecified atom stereocenters. The number of carbonyl (C=O) groups is 1. The van der Waals surface area contributed by atoms with Gasteiger partial charge < -0.3 is 10.0 Å². The van der Waals surface area contributed by atoms with Gasteiger partial charge in [-0.25, -0.2) is 0 Å². The first kappa shape index (κ1) is 17.2. The number of rotatable bonds is 6. The highest BCUT2D eigenvalue weighted by atomic mass is 16.3. The number of H-pyrrole nitrogens is 1. The van der Waals surface area contributed by atoms with Crippen LogP contribution in [0.5, 0.6) is 0 Å². The minimum atomic E-state index is -0.193. The number of carbonyl (C=O) groups excluding carboxylic acids is 1. The molecule has 0 spiro atoms. The van der Waals surface area contributed by atoms with E-state index < -0.39 is 0 Å². The summed E-state index contributed by atoms with van der Waals surface area (Å²) in [6, 6.07) is 0. The molecule has 5 heteroatoms. The molecule has 132 valence electrons. The zero-order chi connectivity index (χ0) is 17.0. The van der Waals surface area contributed by atoms with Crippen LogP contribution in [0.3, 0.4) is 0 Å². The maximum absolute atomic E-state index is 12.6. The summed E-state index contributed by atoms with van der Waals surface area (Å²) in [5.74, 6) is 0.184. The fourth-order valence-corrected chi connectivity index (χ4v) is 4.23. The standard InChI is InChI=1S/C19H29N3O2/c1-2-10-19(14-23)11-5-12-22(13-19)18(24)9-8-17-15-6-3-4-7-16(15)20-21-17/h2,23H,1,3-14H2,(H,20,21). The number of hydrogen-bond acceptors (Lipinski definition) is 3. The van der Waals surface area contributed by atoms with Gasteiger partial charge in [-0.15, -0.1) is 6.58 Å². The fourth-order valence-electron chi connectivity index (χ4n) is 4.23. The van der Waals surface area contributed by atoms with Crippen molar-refractivity contribution >= 4 is 5.91 Å². The van der Waals surface area contributed by atoms with Crippen LogP contribution in [0.4, 0.5) is 0 Å². The molecule has 1 atom stereocenters. The van der Waals surface area contributed by atoms with Gasteiger partial charge in [-0.3, -0.25) is 9.89 Å². The van der Waals surface area contributed by atoms with Gasteiger partial charge in [0, 0.05) is 37.0 Å². The summed E-state index contributed by atoms with van der Waals surface area (Å²) >= 11 is 0. The summed E-state index contributed by atoms with van der Waals surface area (Å²) in [5, 5.41) is 17.4. The highest BCUT2D eigenvalue weighted by Crippen LogP contribution is 2.33. The lowest BCUT2D eigenvalue weighted by Gasteiger charge is -2.41. The second-order valence-electron chi connectivity index (χ2n) is 7.40. The third-order valence-electron chi connectivity index (χ3n) is 5.64. The molecular weight excluding hydrogens is 302 g/mol. The number of nitrogens with zero attached hydrogens (tertiary/aromatic N) is 2. The molecule has 2 aliphatic rings. The van der Waals surface area contributed by atoms with E-state index in [1.54, 1.807) is 0 Å². The van der Waals surface area contributed by atoms with Gasteiger partial charge in [0.2, 0.25) is 5.91 Å². The predicted molar refractivity (Wildman–Crippen MR) is 93.7 cm³/mol. The Hall–Kier alpha value is -1.62. The van der Waals surface area contributed by atoms with Gasteiger partial charge >= 0.3 is 0 Å². The minimum absolute atomic E-state index is 0.121. The van der Waals surface area contributed by atoms with Crippen LogP contribution in [-0.2, 0) is 24.1 Å². The normalized spacial score (nSPS) is 23.8. The third kappa shape index (κ3) is 3.56. The molecule has 1 aromatic rings. The van der Waals surface area contributed by atoms with Crippen LogP contribution in [0.1, 0.15) is 55.5 Å². The van der Waals surface area contributed by atoms with Gasteiger partial charge in [-0.1, -0.05) is 6.08 Å². The largest absolute Gasteiger partial charge is 0.396 e. The predicted octanol–water partition coefficient (Wildman–Crippen LogP) is 2.40. The van der Waals surface area contributed by atoms with Crippen LogP contribution in [0, 0.1) is 5.41 Å². The van der Waals surface area contributed by atoms with Crippen molar-refractivity contribution in [2.24, 2.45) is 5.41 Å². The van der Waals surface area contributed by atoms with Gasteiger partial charge in [0.05, 0.1) is 12.3 Å². The van der Waals surface area contributed by atoms with Crippen LogP contribution in [0.2, 0.25) is 0 Å². The molecule has 1 amide bonds. The first-order chi connectivity index (χ1) is 11.7. The van der Waals surface area contributed by atoms with Crippen molar-refractivity contribution in [2.45, 2.75) is 57.8 Å². The van der Waals surface area contributed by atoms with Gasteiger partial charge in [0.15, 0.2) is 0 Å². The van der Waals surface area contributed by atoms with E-state index in [2.05, 4.69) is 16.8 Å². The molecule has 1 fully saturated rings. The number of hydrogen-bond donors (Lipinski definition) is 2. The van der Waals surface area contributed by atoms with Gasteiger partial charge in [0.1, 0.15) is 0 Å². The van der Waals surface area contributed by atoms with Crippen molar-refractivity contribution in [2.75, 3.05) is 19.7 Å². The minimum Gasteiger partial charge on any atom is -0.396 e. The first-order valence-corrected chi connectivity index (χ1v) is 9.22. The Kier molecular flexibility index (Phi) is 5.39. The van der Waals surface area contributed by atoms with Crippen LogP contribution >= 0.6 is 0 Å². The summed E-state index contributed by atoms with van der Waals surface area (Å²) in [6.45, 7) is 5.37. The van der Waals surface area contributed by atoms with Crippen molar-refractivity contribution in [3.05, 3.63) is 29.6 Å². The number of aromatic nitrogens is 2. The molecule has 1 aromatic heterocycles. The molecule has 1 aliphatic carbocycles. The van der Waals surface area contributed by atoms with E-state index in [0.29, 0.717) is 13.0 Å². The van der Waals surface area contributed by atoms with Crippen LogP contribution in [-0.4, -0.2) is 45.8 Å². The third-order valence-corrected chi connectivity index (χ3v) is 5.64. The number of aliphatic hydroxyl groups excluding tert-OH is 1. The molecule has 0 radical (unpaired) electrons. The Morgan fingerprint density at radius 3 is 3.00 bits per heavy atom. The van der Waals surface area contributed by atoms with Crippen LogP contribution in [0.15, 0.2) is 12.7 Å². The Bertz CT molecular complexity index is 595. The number of nitrogens with one attached hydrogen (secondary N) is 1. The average molecular weight is 331 g/mol. The Balaban J connectivity index is 1.58. The number of aryl methyl sites for hydroxylation is 2. The van der Waals surface area contributed by atoms with Crippen LogP contribution < -0.4 is 0 Å². The van der Waals surface area contributed by atoms with E-state index in [9.17, 15) is 9.90 Å². The van der Waals surface area contributed by atoms with Gasteiger partial charge in [-0.05, 0) is 50.5 Å². The van der Waals surface area contributed by atoms with Gasteiger partial charge in [-0.2, -0.15) is 5.10 Å². The molecule has 2 heterocycles. The summed E-state index contributed by atoms with van der Waals surface area (Å²) in [5.41, 5.74) is 3.51. The number of aliphatic hydroxyl groups is 1. The zero-order valence-electron chi connectivity index (χ0n) is 14.5. The number of allylic oxidation sites excluding steroid dienone is 1. The number of amides is 1. The quantitative estimate of drug-likeness (QED) is 0.787. The first-order valence-electron chi connectivity index (χ1n) is 9.22. The second-order valence-corrected chi connectivity index (χ2v) is 7.40. The Morgan fingerprint density at radius 1 is 1.38 bits per heavy atom. The van der Waals surface area contributed by atoms with E-state index in [4.69, 9.17) is 0 Å². The maximum Gasteiger partial charge on any atom is 0.222 e. The number of aromatic amines is 1. The van der Waals surface area contributed by atoms with E-state index in [1.807, 2.05) is 11.0 Å². The van der Waals surface area contributed by atoms with Crippen LogP contribution in [0.25, 0.3) is 0 Å². The topological polar surface area (TPSA) is 69.2 Å². The molecule has 2 N–H and O–H groups in total. The monoisotopic (exact) mass is 331 g/mol. The zero-order valence-corrected chi connectivity index (χ0v) is 14.5.